The Balaban J connectivity index is 2.11. The van der Waals surface area contributed by atoms with E-state index in [2.05, 4.69) is 0 Å². The Hall–Kier alpha value is -2.43. The highest BCUT2D eigenvalue weighted by atomic mass is 19.1. The maximum atomic E-state index is 13.3. The van der Waals surface area contributed by atoms with E-state index < -0.39 is 5.82 Å². The molecule has 0 spiro atoms. The number of hydrogen-bond acceptors (Lipinski definition) is 2. The van der Waals surface area contributed by atoms with Crippen molar-refractivity contribution in [1.29, 1.82) is 0 Å². The summed E-state index contributed by atoms with van der Waals surface area (Å²) in [7, 11) is 1.60. The van der Waals surface area contributed by atoms with E-state index in [-0.39, 0.29) is 23.0 Å². The fourth-order valence-electron chi connectivity index (χ4n) is 1.82. The van der Waals surface area contributed by atoms with E-state index in [4.69, 9.17) is 5.73 Å². The van der Waals surface area contributed by atoms with Gasteiger partial charge in [0.15, 0.2) is 0 Å². The fourth-order valence-corrected chi connectivity index (χ4v) is 1.82. The first-order chi connectivity index (χ1) is 9.47. The molecule has 0 aromatic heterocycles. The van der Waals surface area contributed by atoms with Gasteiger partial charge in [-0.15, -0.1) is 0 Å². The summed E-state index contributed by atoms with van der Waals surface area (Å²) in [5.74, 6) is -1.28. The third-order valence-corrected chi connectivity index (χ3v) is 2.93. The van der Waals surface area contributed by atoms with Crippen LogP contribution in [0.4, 0.5) is 14.5 Å². The molecule has 0 aliphatic heterocycles. The normalized spacial score (nSPS) is 10.3. The zero-order valence-corrected chi connectivity index (χ0v) is 10.9. The summed E-state index contributed by atoms with van der Waals surface area (Å²) in [6.07, 6.45) is 0. The molecule has 1 amide bonds. The Labute approximate surface area is 115 Å². The summed E-state index contributed by atoms with van der Waals surface area (Å²) in [6, 6.07) is 9.80. The van der Waals surface area contributed by atoms with Crippen molar-refractivity contribution in [3.63, 3.8) is 0 Å². The summed E-state index contributed by atoms with van der Waals surface area (Å²) >= 11 is 0. The SMILES string of the molecule is CN(Cc1ccc(F)cc1)C(=O)c1ccc(N)c(F)c1. The second-order valence-electron chi connectivity index (χ2n) is 4.52. The van der Waals surface area contributed by atoms with Gasteiger partial charge in [-0.25, -0.2) is 8.78 Å². The van der Waals surface area contributed by atoms with Gasteiger partial charge < -0.3 is 10.6 Å². The summed E-state index contributed by atoms with van der Waals surface area (Å²) in [4.78, 5) is 13.6. The van der Waals surface area contributed by atoms with Crippen LogP contribution in [0, 0.1) is 11.6 Å². The maximum absolute atomic E-state index is 13.3. The summed E-state index contributed by atoms with van der Waals surface area (Å²) in [5.41, 5.74) is 6.38. The molecule has 0 unspecified atom stereocenters. The van der Waals surface area contributed by atoms with Crippen LogP contribution >= 0.6 is 0 Å². The monoisotopic (exact) mass is 276 g/mol. The van der Waals surface area contributed by atoms with E-state index in [9.17, 15) is 13.6 Å². The van der Waals surface area contributed by atoms with Crippen LogP contribution in [0.3, 0.4) is 0 Å². The van der Waals surface area contributed by atoms with Gasteiger partial charge in [-0.3, -0.25) is 4.79 Å². The molecule has 2 N–H and O–H groups in total. The molecule has 2 rings (SSSR count). The Morgan fingerprint density at radius 3 is 2.40 bits per heavy atom. The molecule has 2 aromatic rings. The molecule has 0 heterocycles. The van der Waals surface area contributed by atoms with Gasteiger partial charge >= 0.3 is 0 Å². The van der Waals surface area contributed by atoms with Crippen LogP contribution in [-0.2, 0) is 6.54 Å². The van der Waals surface area contributed by atoms with E-state index >= 15 is 0 Å². The van der Waals surface area contributed by atoms with Crippen LogP contribution < -0.4 is 5.73 Å². The van der Waals surface area contributed by atoms with Crippen molar-refractivity contribution in [3.05, 3.63) is 65.2 Å². The second kappa shape index (κ2) is 5.69. The van der Waals surface area contributed by atoms with Crippen LogP contribution in [0.25, 0.3) is 0 Å². The summed E-state index contributed by atoms with van der Waals surface area (Å²) < 4.78 is 26.1. The Kier molecular flexibility index (Phi) is 3.98. The van der Waals surface area contributed by atoms with Gasteiger partial charge in [0.05, 0.1) is 5.69 Å². The number of amides is 1. The molecule has 104 valence electrons. The van der Waals surface area contributed by atoms with Gasteiger partial charge in [0, 0.05) is 19.2 Å². The van der Waals surface area contributed by atoms with Crippen molar-refractivity contribution in [2.75, 3.05) is 12.8 Å². The van der Waals surface area contributed by atoms with E-state index in [1.54, 1.807) is 19.2 Å². The molecule has 0 aliphatic rings. The van der Waals surface area contributed by atoms with Crippen LogP contribution in [0.5, 0.6) is 0 Å². The van der Waals surface area contributed by atoms with Crippen molar-refractivity contribution in [1.82, 2.24) is 4.90 Å². The molecular formula is C15H14F2N2O. The molecule has 5 heteroatoms. The molecule has 0 bridgehead atoms. The minimum atomic E-state index is -0.619. The number of rotatable bonds is 3. The molecule has 2 aromatic carbocycles. The fraction of sp³-hybridized carbons (Fsp3) is 0.133. The molecule has 0 saturated carbocycles. The smallest absolute Gasteiger partial charge is 0.254 e. The largest absolute Gasteiger partial charge is 0.396 e. The highest BCUT2D eigenvalue weighted by Gasteiger charge is 2.13. The first kappa shape index (κ1) is 14.0. The first-order valence-corrected chi connectivity index (χ1v) is 6.02. The van der Waals surface area contributed by atoms with Gasteiger partial charge in [0.2, 0.25) is 0 Å². The van der Waals surface area contributed by atoms with E-state index in [1.807, 2.05) is 0 Å². The first-order valence-electron chi connectivity index (χ1n) is 6.02. The van der Waals surface area contributed by atoms with E-state index in [0.29, 0.717) is 6.54 Å². The topological polar surface area (TPSA) is 46.3 Å². The molecule has 0 radical (unpaired) electrons. The minimum absolute atomic E-state index is 0.00253. The average Bonchev–Trinajstić information content (AvgIpc) is 2.43. The third-order valence-electron chi connectivity index (χ3n) is 2.93. The zero-order valence-electron chi connectivity index (χ0n) is 10.9. The average molecular weight is 276 g/mol. The number of nitrogen functional groups attached to an aromatic ring is 1. The van der Waals surface area contributed by atoms with Crippen LogP contribution in [0.1, 0.15) is 15.9 Å². The Morgan fingerprint density at radius 1 is 1.15 bits per heavy atom. The molecule has 0 aliphatic carbocycles. The number of carbonyl (C=O) groups is 1. The van der Waals surface area contributed by atoms with Crippen molar-refractivity contribution in [3.8, 4) is 0 Å². The molecule has 3 nitrogen and oxygen atoms in total. The van der Waals surface area contributed by atoms with Gasteiger partial charge in [-0.05, 0) is 35.9 Å². The molecule has 0 fully saturated rings. The number of anilines is 1. The third kappa shape index (κ3) is 3.12. The second-order valence-corrected chi connectivity index (χ2v) is 4.52. The summed E-state index contributed by atoms with van der Waals surface area (Å²) in [5, 5.41) is 0. The molecule has 0 saturated heterocycles. The van der Waals surface area contributed by atoms with Gasteiger partial charge in [-0.2, -0.15) is 0 Å². The Bertz CT molecular complexity index is 626. The lowest BCUT2D eigenvalue weighted by molar-refractivity contribution is 0.0784. The van der Waals surface area contributed by atoms with Gasteiger partial charge in [-0.1, -0.05) is 12.1 Å². The number of nitrogens with two attached hydrogens (primary N) is 1. The summed E-state index contributed by atoms with van der Waals surface area (Å²) in [6.45, 7) is 0.311. The number of benzene rings is 2. The lowest BCUT2D eigenvalue weighted by atomic mass is 10.1. The van der Waals surface area contributed by atoms with Crippen molar-refractivity contribution < 1.29 is 13.6 Å². The Morgan fingerprint density at radius 2 is 1.80 bits per heavy atom. The van der Waals surface area contributed by atoms with Crippen molar-refractivity contribution in [2.45, 2.75) is 6.54 Å². The predicted octanol–water partition coefficient (Wildman–Crippen LogP) is 2.82. The minimum Gasteiger partial charge on any atom is -0.396 e. The van der Waals surface area contributed by atoms with E-state index in [1.165, 1.54) is 29.2 Å². The number of carbonyl (C=O) groups excluding carboxylic acids is 1. The van der Waals surface area contributed by atoms with Crippen molar-refractivity contribution >= 4 is 11.6 Å². The van der Waals surface area contributed by atoms with Gasteiger partial charge in [0.25, 0.3) is 5.91 Å². The van der Waals surface area contributed by atoms with E-state index in [0.717, 1.165) is 11.6 Å². The zero-order chi connectivity index (χ0) is 14.7. The highest BCUT2D eigenvalue weighted by Crippen LogP contribution is 2.14. The molecular weight excluding hydrogens is 262 g/mol. The lowest BCUT2D eigenvalue weighted by Gasteiger charge is -2.17. The molecule has 20 heavy (non-hydrogen) atoms. The lowest BCUT2D eigenvalue weighted by Crippen LogP contribution is -2.26. The molecule has 0 atom stereocenters. The van der Waals surface area contributed by atoms with Crippen LogP contribution in [-0.4, -0.2) is 17.9 Å². The van der Waals surface area contributed by atoms with Crippen LogP contribution in [0.15, 0.2) is 42.5 Å². The number of hydrogen-bond donors (Lipinski definition) is 1. The standard InChI is InChI=1S/C15H14F2N2O/c1-19(9-10-2-5-12(16)6-3-10)15(20)11-4-7-14(18)13(17)8-11/h2-8H,9,18H2,1H3. The predicted molar refractivity (Wildman–Crippen MR) is 73.0 cm³/mol. The quantitative estimate of drug-likeness (QED) is 0.876. The van der Waals surface area contributed by atoms with Crippen molar-refractivity contribution in [2.24, 2.45) is 0 Å². The highest BCUT2D eigenvalue weighted by molar-refractivity contribution is 5.94. The number of nitrogens with zero attached hydrogens (tertiary/aromatic N) is 1. The maximum Gasteiger partial charge on any atom is 0.254 e. The van der Waals surface area contributed by atoms with Crippen LogP contribution in [0.2, 0.25) is 0 Å². The van der Waals surface area contributed by atoms with Gasteiger partial charge in [0.1, 0.15) is 11.6 Å². The number of halogens is 2.